The summed E-state index contributed by atoms with van der Waals surface area (Å²) in [6.07, 6.45) is -4.73. The van der Waals surface area contributed by atoms with Gasteiger partial charge in [0.2, 0.25) is 5.76 Å². The van der Waals surface area contributed by atoms with E-state index < -0.39 is 17.4 Å². The minimum atomic E-state index is -4.73. The molecule has 0 spiro atoms. The summed E-state index contributed by atoms with van der Waals surface area (Å²) in [5.74, 6) is -1.31. The molecule has 29 heavy (non-hydrogen) atoms. The van der Waals surface area contributed by atoms with Crippen molar-refractivity contribution in [2.24, 2.45) is 0 Å². The van der Waals surface area contributed by atoms with E-state index in [-0.39, 0.29) is 17.0 Å². The molecule has 1 N–H and O–H groups in total. The maximum atomic E-state index is 13.0. The zero-order valence-electron chi connectivity index (χ0n) is 15.1. The van der Waals surface area contributed by atoms with Gasteiger partial charge in [0.15, 0.2) is 5.43 Å². The van der Waals surface area contributed by atoms with Gasteiger partial charge in [-0.15, -0.1) is 0 Å². The van der Waals surface area contributed by atoms with Crippen molar-refractivity contribution >= 4 is 16.7 Å². The van der Waals surface area contributed by atoms with Gasteiger partial charge in [-0.2, -0.15) is 13.2 Å². The van der Waals surface area contributed by atoms with Crippen LogP contribution >= 0.6 is 0 Å². The van der Waals surface area contributed by atoms with Crippen LogP contribution in [0.1, 0.15) is 22.9 Å². The Morgan fingerprint density at radius 1 is 0.793 bits per heavy atom. The average molecular weight is 395 g/mol. The van der Waals surface area contributed by atoms with Gasteiger partial charge in [-0.25, -0.2) is 0 Å². The van der Waals surface area contributed by atoms with Crippen LogP contribution in [0, 0.1) is 0 Å². The van der Waals surface area contributed by atoms with E-state index in [1.165, 1.54) is 12.1 Å². The average Bonchev–Trinajstić information content (AvgIpc) is 2.72. The molecule has 146 valence electrons. The molecule has 0 amide bonds. The van der Waals surface area contributed by atoms with Gasteiger partial charge in [0.05, 0.1) is 11.4 Å². The van der Waals surface area contributed by atoms with Gasteiger partial charge < -0.3 is 9.73 Å². The summed E-state index contributed by atoms with van der Waals surface area (Å²) in [7, 11) is 0. The van der Waals surface area contributed by atoms with Crippen molar-refractivity contribution in [2.75, 3.05) is 5.32 Å². The van der Waals surface area contributed by atoms with Gasteiger partial charge in [0, 0.05) is 17.8 Å². The monoisotopic (exact) mass is 395 g/mol. The number of alkyl halides is 3. The van der Waals surface area contributed by atoms with Gasteiger partial charge in [-0.3, -0.25) is 4.79 Å². The summed E-state index contributed by atoms with van der Waals surface area (Å²) in [6.45, 7) is 0. The molecule has 0 aliphatic heterocycles. The maximum absolute atomic E-state index is 13.0. The molecule has 0 saturated heterocycles. The van der Waals surface area contributed by atoms with Crippen LogP contribution in [0.25, 0.3) is 11.0 Å². The van der Waals surface area contributed by atoms with Crippen LogP contribution in [0.4, 0.5) is 18.9 Å². The second-order valence-corrected chi connectivity index (χ2v) is 6.58. The van der Waals surface area contributed by atoms with Crippen molar-refractivity contribution < 1.29 is 17.6 Å². The summed E-state index contributed by atoms with van der Waals surface area (Å²) in [5, 5.41) is 3.43. The molecule has 0 saturated carbocycles. The lowest BCUT2D eigenvalue weighted by molar-refractivity contribution is -0.152. The first-order valence-electron chi connectivity index (χ1n) is 8.93. The molecule has 0 aliphatic rings. The molecular weight excluding hydrogens is 379 g/mol. The Morgan fingerprint density at radius 2 is 1.38 bits per heavy atom. The molecule has 0 radical (unpaired) electrons. The standard InChI is InChI=1S/C23H16F3NO2/c24-23(25,26)21-14-19(28)18-12-11-17(13-20(18)29-21)27-22(15-7-3-1-4-8-15)16-9-5-2-6-10-16/h1-14,22,27H. The Kier molecular flexibility index (Phi) is 4.84. The zero-order chi connectivity index (χ0) is 20.4. The maximum Gasteiger partial charge on any atom is 0.449 e. The van der Waals surface area contributed by atoms with Crippen LogP contribution < -0.4 is 10.7 Å². The molecular formula is C23H16F3NO2. The summed E-state index contributed by atoms with van der Waals surface area (Å²) in [6, 6.07) is 24.2. The molecule has 0 fully saturated rings. The first kappa shape index (κ1) is 18.8. The third kappa shape index (κ3) is 4.01. The van der Waals surface area contributed by atoms with Gasteiger partial charge in [-0.05, 0) is 23.3 Å². The molecule has 3 aromatic carbocycles. The number of nitrogens with one attached hydrogen (secondary N) is 1. The van der Waals surface area contributed by atoms with Crippen LogP contribution in [-0.4, -0.2) is 0 Å². The summed E-state index contributed by atoms with van der Waals surface area (Å²) < 4.78 is 44.0. The number of rotatable bonds is 4. The van der Waals surface area contributed by atoms with Crippen molar-refractivity contribution in [3.63, 3.8) is 0 Å². The lowest BCUT2D eigenvalue weighted by Gasteiger charge is -2.21. The van der Waals surface area contributed by atoms with Crippen molar-refractivity contribution in [1.29, 1.82) is 0 Å². The van der Waals surface area contributed by atoms with E-state index >= 15 is 0 Å². The minimum Gasteiger partial charge on any atom is -0.451 e. The third-order valence-electron chi connectivity index (χ3n) is 4.59. The Bertz CT molecular complexity index is 1150. The van der Waals surface area contributed by atoms with E-state index in [0.29, 0.717) is 11.8 Å². The highest BCUT2D eigenvalue weighted by molar-refractivity contribution is 5.80. The van der Waals surface area contributed by atoms with E-state index in [9.17, 15) is 18.0 Å². The number of halogens is 3. The summed E-state index contributed by atoms with van der Waals surface area (Å²) >= 11 is 0. The topological polar surface area (TPSA) is 42.2 Å². The second-order valence-electron chi connectivity index (χ2n) is 6.58. The number of fused-ring (bicyclic) bond motifs is 1. The molecule has 1 heterocycles. The first-order valence-corrected chi connectivity index (χ1v) is 8.93. The minimum absolute atomic E-state index is 0.0968. The molecule has 6 heteroatoms. The fourth-order valence-corrected chi connectivity index (χ4v) is 3.20. The van der Waals surface area contributed by atoms with Gasteiger partial charge in [0.25, 0.3) is 0 Å². The molecule has 4 rings (SSSR count). The lowest BCUT2D eigenvalue weighted by Crippen LogP contribution is -2.13. The smallest absolute Gasteiger partial charge is 0.449 e. The van der Waals surface area contributed by atoms with Gasteiger partial charge in [-0.1, -0.05) is 60.7 Å². The fourth-order valence-electron chi connectivity index (χ4n) is 3.20. The van der Waals surface area contributed by atoms with E-state index in [0.717, 1.165) is 11.1 Å². The van der Waals surface area contributed by atoms with E-state index in [2.05, 4.69) is 5.32 Å². The predicted octanol–water partition coefficient (Wildman–Crippen LogP) is 6.01. The number of anilines is 1. The molecule has 4 aromatic rings. The quantitative estimate of drug-likeness (QED) is 0.460. The molecule has 0 unspecified atom stereocenters. The number of hydrogen-bond acceptors (Lipinski definition) is 3. The molecule has 0 aliphatic carbocycles. The molecule has 3 nitrogen and oxygen atoms in total. The highest BCUT2D eigenvalue weighted by Crippen LogP contribution is 2.32. The van der Waals surface area contributed by atoms with Crippen molar-refractivity contribution in [1.82, 2.24) is 0 Å². The van der Waals surface area contributed by atoms with Crippen LogP contribution in [0.3, 0.4) is 0 Å². The lowest BCUT2D eigenvalue weighted by atomic mass is 9.98. The number of hydrogen-bond donors (Lipinski definition) is 1. The molecule has 1 aromatic heterocycles. The van der Waals surface area contributed by atoms with Crippen LogP contribution in [0.2, 0.25) is 0 Å². The summed E-state index contributed by atoms with van der Waals surface area (Å²) in [5.41, 5.74) is 1.67. The Labute approximate surface area is 164 Å². The Hall–Kier alpha value is -3.54. The summed E-state index contributed by atoms with van der Waals surface area (Å²) in [4.78, 5) is 12.0. The largest absolute Gasteiger partial charge is 0.451 e. The van der Waals surface area contributed by atoms with Crippen LogP contribution in [-0.2, 0) is 6.18 Å². The Balaban J connectivity index is 1.77. The molecule has 0 atom stereocenters. The second kappa shape index (κ2) is 7.47. The zero-order valence-corrected chi connectivity index (χ0v) is 15.1. The van der Waals surface area contributed by atoms with Crippen LogP contribution in [0.15, 0.2) is 94.1 Å². The third-order valence-corrected chi connectivity index (χ3v) is 4.59. The highest BCUT2D eigenvalue weighted by Gasteiger charge is 2.35. The van der Waals surface area contributed by atoms with Gasteiger partial charge in [0.1, 0.15) is 5.58 Å². The van der Waals surface area contributed by atoms with E-state index in [1.807, 2.05) is 60.7 Å². The van der Waals surface area contributed by atoms with Crippen molar-refractivity contribution in [3.8, 4) is 0 Å². The predicted molar refractivity (Wildman–Crippen MR) is 106 cm³/mol. The van der Waals surface area contributed by atoms with Crippen molar-refractivity contribution in [3.05, 3.63) is 112 Å². The number of benzene rings is 3. The van der Waals surface area contributed by atoms with Crippen molar-refractivity contribution in [2.45, 2.75) is 12.2 Å². The fraction of sp³-hybridized carbons (Fsp3) is 0.0870. The van der Waals surface area contributed by atoms with E-state index in [1.54, 1.807) is 6.07 Å². The van der Waals surface area contributed by atoms with Gasteiger partial charge >= 0.3 is 6.18 Å². The molecule has 0 bridgehead atoms. The van der Waals surface area contributed by atoms with Crippen LogP contribution in [0.5, 0.6) is 0 Å². The Morgan fingerprint density at radius 3 is 1.93 bits per heavy atom. The first-order chi connectivity index (χ1) is 13.9. The van der Waals surface area contributed by atoms with E-state index in [4.69, 9.17) is 4.42 Å². The normalized spacial score (nSPS) is 11.7. The SMILES string of the molecule is O=c1cc(C(F)(F)F)oc2cc(NC(c3ccccc3)c3ccccc3)ccc12. The highest BCUT2D eigenvalue weighted by atomic mass is 19.4.